The average molecular weight is 411 g/mol. The van der Waals surface area contributed by atoms with Crippen molar-refractivity contribution in [2.75, 3.05) is 11.9 Å². The molecular weight excluding hydrogens is 399 g/mol. The van der Waals surface area contributed by atoms with E-state index in [0.717, 1.165) is 4.70 Å². The Morgan fingerprint density at radius 2 is 2.00 bits per heavy atom. The number of carbonyl (C=O) groups is 1. The van der Waals surface area contributed by atoms with Gasteiger partial charge in [0.05, 0.1) is 21.6 Å². The third-order valence-corrected chi connectivity index (χ3v) is 5.47. The molecule has 0 aliphatic rings. The van der Waals surface area contributed by atoms with Gasteiger partial charge in [-0.05, 0) is 19.1 Å². The normalized spacial score (nSPS) is 10.7. The Hall–Kier alpha value is -2.35. The molecule has 9 heteroatoms. The van der Waals surface area contributed by atoms with Crippen LogP contribution in [-0.4, -0.2) is 17.5 Å². The first-order valence-electron chi connectivity index (χ1n) is 7.52. The molecule has 0 atom stereocenters. The van der Waals surface area contributed by atoms with Crippen LogP contribution in [0.4, 0.5) is 16.4 Å². The Kier molecular flexibility index (Phi) is 5.31. The van der Waals surface area contributed by atoms with Gasteiger partial charge in [0, 0.05) is 16.2 Å². The first-order valence-corrected chi connectivity index (χ1v) is 9.09. The van der Waals surface area contributed by atoms with Crippen LogP contribution in [0.5, 0.6) is 0 Å². The highest BCUT2D eigenvalue weighted by molar-refractivity contribution is 7.23. The zero-order chi connectivity index (χ0) is 18.8. The number of nitro groups is 1. The van der Waals surface area contributed by atoms with Crippen LogP contribution < -0.4 is 5.32 Å². The molecule has 3 rings (SSSR count). The average Bonchev–Trinajstić information content (AvgIpc) is 2.97. The van der Waals surface area contributed by atoms with Crippen LogP contribution in [0.25, 0.3) is 10.1 Å². The van der Waals surface area contributed by atoms with Crippen molar-refractivity contribution in [2.24, 2.45) is 0 Å². The Bertz CT molecular complexity index is 1020. The molecule has 6 nitrogen and oxygen atoms in total. The van der Waals surface area contributed by atoms with Crippen LogP contribution in [0.1, 0.15) is 17.3 Å². The van der Waals surface area contributed by atoms with Gasteiger partial charge in [-0.2, -0.15) is 0 Å². The zero-order valence-corrected chi connectivity index (χ0v) is 15.7. The van der Waals surface area contributed by atoms with Gasteiger partial charge in [0.25, 0.3) is 5.69 Å². The minimum Gasteiger partial charge on any atom is -0.462 e. The van der Waals surface area contributed by atoms with E-state index in [4.69, 9.17) is 27.9 Å². The molecule has 0 spiro atoms. The number of anilines is 2. The van der Waals surface area contributed by atoms with E-state index in [1.807, 2.05) is 12.1 Å². The summed E-state index contributed by atoms with van der Waals surface area (Å²) in [5.41, 5.74) is 0.0886. The van der Waals surface area contributed by atoms with Gasteiger partial charge in [-0.3, -0.25) is 10.1 Å². The molecule has 0 bridgehead atoms. The predicted octanol–water partition coefficient (Wildman–Crippen LogP) is 6.04. The smallest absolute Gasteiger partial charge is 0.341 e. The maximum absolute atomic E-state index is 12.5. The van der Waals surface area contributed by atoms with E-state index in [-0.39, 0.29) is 28.0 Å². The maximum atomic E-state index is 12.5. The molecule has 26 heavy (non-hydrogen) atoms. The van der Waals surface area contributed by atoms with Crippen LogP contribution in [0, 0.1) is 10.1 Å². The first kappa shape index (κ1) is 18.4. The monoisotopic (exact) mass is 410 g/mol. The number of carbonyl (C=O) groups excluding carboxylic acids is 1. The highest BCUT2D eigenvalue weighted by Crippen LogP contribution is 2.43. The number of halogens is 2. The zero-order valence-electron chi connectivity index (χ0n) is 13.4. The standard InChI is InChI=1S/C17H12Cl2N2O4S/c1-2-25-17(22)13-9-5-3-4-6-12(9)26-16(13)20-15-11(21(23)24)8-7-10(18)14(15)19/h3-8,20H,2H2,1H3. The Labute approximate surface area is 162 Å². The van der Waals surface area contributed by atoms with Gasteiger partial charge in [0.2, 0.25) is 0 Å². The fourth-order valence-corrected chi connectivity index (χ4v) is 3.92. The molecule has 2 aromatic carbocycles. The molecule has 3 aromatic rings. The van der Waals surface area contributed by atoms with Gasteiger partial charge < -0.3 is 10.1 Å². The van der Waals surface area contributed by atoms with E-state index in [1.54, 1.807) is 19.1 Å². The number of nitrogens with zero attached hydrogens (tertiary/aromatic N) is 1. The number of thiophene rings is 1. The van der Waals surface area contributed by atoms with Crippen LogP contribution in [0.15, 0.2) is 36.4 Å². The molecule has 134 valence electrons. The third-order valence-electron chi connectivity index (χ3n) is 3.58. The van der Waals surface area contributed by atoms with Gasteiger partial charge in [0.1, 0.15) is 16.3 Å². The summed E-state index contributed by atoms with van der Waals surface area (Å²) in [6.07, 6.45) is 0. The second-order valence-corrected chi connectivity index (χ2v) is 7.00. The summed E-state index contributed by atoms with van der Waals surface area (Å²) in [5, 5.41) is 15.5. The van der Waals surface area contributed by atoms with Crippen molar-refractivity contribution in [3.63, 3.8) is 0 Å². The lowest BCUT2D eigenvalue weighted by Gasteiger charge is -2.10. The van der Waals surface area contributed by atoms with Crippen molar-refractivity contribution in [1.29, 1.82) is 0 Å². The largest absolute Gasteiger partial charge is 0.462 e. The fourth-order valence-electron chi connectivity index (χ4n) is 2.46. The highest BCUT2D eigenvalue weighted by atomic mass is 35.5. The van der Waals surface area contributed by atoms with Crippen molar-refractivity contribution in [2.45, 2.75) is 6.92 Å². The maximum Gasteiger partial charge on any atom is 0.341 e. The third kappa shape index (κ3) is 3.33. The van der Waals surface area contributed by atoms with Gasteiger partial charge >= 0.3 is 5.97 Å². The van der Waals surface area contributed by atoms with E-state index >= 15 is 0 Å². The predicted molar refractivity (Wildman–Crippen MR) is 104 cm³/mol. The van der Waals surface area contributed by atoms with E-state index in [1.165, 1.54) is 23.5 Å². The summed E-state index contributed by atoms with van der Waals surface area (Å²) in [6, 6.07) is 9.89. The topological polar surface area (TPSA) is 81.5 Å². The summed E-state index contributed by atoms with van der Waals surface area (Å²) < 4.78 is 5.97. The van der Waals surface area contributed by atoms with Gasteiger partial charge in [-0.15, -0.1) is 11.3 Å². The summed E-state index contributed by atoms with van der Waals surface area (Å²) in [4.78, 5) is 23.2. The molecule has 0 fully saturated rings. The second kappa shape index (κ2) is 7.49. The van der Waals surface area contributed by atoms with Crippen LogP contribution in [-0.2, 0) is 4.74 Å². The molecule has 0 saturated carbocycles. The molecule has 0 aliphatic carbocycles. The van der Waals surface area contributed by atoms with Crippen molar-refractivity contribution < 1.29 is 14.5 Å². The summed E-state index contributed by atoms with van der Waals surface area (Å²) in [5.74, 6) is -0.520. The minimum absolute atomic E-state index is 0.00753. The van der Waals surface area contributed by atoms with Crippen LogP contribution in [0.2, 0.25) is 10.0 Å². The number of benzene rings is 2. The number of esters is 1. The summed E-state index contributed by atoms with van der Waals surface area (Å²) in [6.45, 7) is 1.92. The van der Waals surface area contributed by atoms with E-state index in [0.29, 0.717) is 16.0 Å². The number of nitrogens with one attached hydrogen (secondary N) is 1. The van der Waals surface area contributed by atoms with Gasteiger partial charge in [0.15, 0.2) is 0 Å². The van der Waals surface area contributed by atoms with Gasteiger partial charge in [-0.1, -0.05) is 41.4 Å². The van der Waals surface area contributed by atoms with Crippen molar-refractivity contribution in [1.82, 2.24) is 0 Å². The van der Waals surface area contributed by atoms with E-state index in [2.05, 4.69) is 5.32 Å². The number of nitro benzene ring substituents is 1. The van der Waals surface area contributed by atoms with Gasteiger partial charge in [-0.25, -0.2) is 4.79 Å². The highest BCUT2D eigenvalue weighted by Gasteiger charge is 2.25. The first-order chi connectivity index (χ1) is 12.4. The number of rotatable bonds is 5. The molecule has 1 heterocycles. The number of hydrogen-bond acceptors (Lipinski definition) is 6. The summed E-state index contributed by atoms with van der Waals surface area (Å²) >= 11 is 13.5. The number of fused-ring (bicyclic) bond motifs is 1. The van der Waals surface area contributed by atoms with Crippen molar-refractivity contribution in [3.05, 3.63) is 62.1 Å². The quantitative estimate of drug-likeness (QED) is 0.315. The molecule has 0 aliphatic heterocycles. The lowest BCUT2D eigenvalue weighted by Crippen LogP contribution is -2.07. The Morgan fingerprint density at radius 1 is 1.27 bits per heavy atom. The van der Waals surface area contributed by atoms with Crippen LogP contribution in [0.3, 0.4) is 0 Å². The fraction of sp³-hybridized carbons (Fsp3) is 0.118. The molecular formula is C17H12Cl2N2O4S. The Balaban J connectivity index is 2.19. The molecule has 0 radical (unpaired) electrons. The molecule has 0 saturated heterocycles. The molecule has 0 unspecified atom stereocenters. The molecule has 0 amide bonds. The van der Waals surface area contributed by atoms with Crippen molar-refractivity contribution in [3.8, 4) is 0 Å². The molecule has 1 aromatic heterocycles. The number of ether oxygens (including phenoxy) is 1. The Morgan fingerprint density at radius 3 is 2.69 bits per heavy atom. The summed E-state index contributed by atoms with van der Waals surface area (Å²) in [7, 11) is 0. The lowest BCUT2D eigenvalue weighted by atomic mass is 10.1. The number of hydrogen-bond donors (Lipinski definition) is 1. The van der Waals surface area contributed by atoms with E-state index in [9.17, 15) is 14.9 Å². The SMILES string of the molecule is CCOC(=O)c1c(Nc2c([N+](=O)[O-])ccc(Cl)c2Cl)sc2ccccc12. The molecule has 1 N–H and O–H groups in total. The van der Waals surface area contributed by atoms with E-state index < -0.39 is 10.9 Å². The van der Waals surface area contributed by atoms with Crippen molar-refractivity contribution >= 4 is 67.0 Å². The second-order valence-electron chi connectivity index (χ2n) is 5.16. The lowest BCUT2D eigenvalue weighted by molar-refractivity contribution is -0.383. The minimum atomic E-state index is -0.568. The van der Waals surface area contributed by atoms with Crippen LogP contribution >= 0.6 is 34.5 Å².